The van der Waals surface area contributed by atoms with Gasteiger partial charge in [0.2, 0.25) is 0 Å². The van der Waals surface area contributed by atoms with Crippen molar-refractivity contribution in [2.45, 2.75) is 13.0 Å². The van der Waals surface area contributed by atoms with Crippen LogP contribution in [-0.4, -0.2) is 19.1 Å². The predicted octanol–water partition coefficient (Wildman–Crippen LogP) is 4.25. The molecule has 0 saturated heterocycles. The van der Waals surface area contributed by atoms with Gasteiger partial charge in [-0.2, -0.15) is 0 Å². The maximum Gasteiger partial charge on any atom is 0.265 e. The molecule has 4 heteroatoms. The molecule has 0 radical (unpaired) electrons. The minimum absolute atomic E-state index is 0.193. The Labute approximate surface area is 141 Å². The summed E-state index contributed by atoms with van der Waals surface area (Å²) in [5.74, 6) is 1.17. The molecule has 0 heterocycles. The van der Waals surface area contributed by atoms with Crippen LogP contribution in [0, 0.1) is 0 Å². The Bertz CT molecular complexity index is 843. The molecule has 4 nitrogen and oxygen atoms in total. The number of carbonyl (C=O) groups excluding carboxylic acids is 1. The van der Waals surface area contributed by atoms with Gasteiger partial charge in [0.05, 0.1) is 7.11 Å². The smallest absolute Gasteiger partial charge is 0.265 e. The molecule has 0 aliphatic carbocycles. The lowest BCUT2D eigenvalue weighted by molar-refractivity contribution is -0.122. The summed E-state index contributed by atoms with van der Waals surface area (Å²) in [4.78, 5) is 12.3. The summed E-state index contributed by atoms with van der Waals surface area (Å²) in [6.45, 7) is 1.72. The van der Waals surface area contributed by atoms with Gasteiger partial charge >= 0.3 is 0 Å². The van der Waals surface area contributed by atoms with Crippen LogP contribution >= 0.6 is 0 Å². The molecule has 3 aromatic rings. The van der Waals surface area contributed by atoms with Gasteiger partial charge in [0.15, 0.2) is 6.10 Å². The molecule has 1 atom stereocenters. The summed E-state index contributed by atoms with van der Waals surface area (Å²) in [7, 11) is 1.61. The highest BCUT2D eigenvalue weighted by molar-refractivity contribution is 5.96. The third-order valence-corrected chi connectivity index (χ3v) is 3.76. The molecule has 3 rings (SSSR count). The van der Waals surface area contributed by atoms with E-state index in [-0.39, 0.29) is 5.91 Å². The Morgan fingerprint density at radius 1 is 0.917 bits per heavy atom. The summed E-state index contributed by atoms with van der Waals surface area (Å²) in [5.41, 5.74) is 0.754. The largest absolute Gasteiger partial charge is 0.497 e. The molecule has 0 saturated carbocycles. The number of fused-ring (bicyclic) bond motifs is 1. The highest BCUT2D eigenvalue weighted by Gasteiger charge is 2.15. The van der Waals surface area contributed by atoms with Crippen LogP contribution in [0.5, 0.6) is 11.5 Å². The van der Waals surface area contributed by atoms with Gasteiger partial charge < -0.3 is 14.8 Å². The minimum Gasteiger partial charge on any atom is -0.497 e. The number of hydrogen-bond donors (Lipinski definition) is 1. The van der Waals surface area contributed by atoms with Crippen LogP contribution in [0.2, 0.25) is 0 Å². The van der Waals surface area contributed by atoms with Crippen molar-refractivity contribution < 1.29 is 14.3 Å². The lowest BCUT2D eigenvalue weighted by Crippen LogP contribution is -2.30. The van der Waals surface area contributed by atoms with Crippen LogP contribution in [0.1, 0.15) is 6.92 Å². The first-order chi connectivity index (χ1) is 11.7. The highest BCUT2D eigenvalue weighted by Crippen LogP contribution is 2.20. The summed E-state index contributed by atoms with van der Waals surface area (Å²) in [6.07, 6.45) is -0.607. The molecule has 0 aliphatic heterocycles. The molecule has 0 unspecified atom stereocenters. The quantitative estimate of drug-likeness (QED) is 0.764. The first kappa shape index (κ1) is 15.9. The van der Waals surface area contributed by atoms with Gasteiger partial charge in [0, 0.05) is 5.69 Å². The van der Waals surface area contributed by atoms with Crippen LogP contribution in [0.25, 0.3) is 10.8 Å². The summed E-state index contributed by atoms with van der Waals surface area (Å²) < 4.78 is 10.8. The Morgan fingerprint density at radius 3 is 2.29 bits per heavy atom. The number of amides is 1. The molecule has 0 aromatic heterocycles. The topological polar surface area (TPSA) is 47.6 Å². The zero-order chi connectivity index (χ0) is 16.9. The lowest BCUT2D eigenvalue weighted by Gasteiger charge is -2.15. The Balaban J connectivity index is 1.66. The van der Waals surface area contributed by atoms with E-state index in [4.69, 9.17) is 9.47 Å². The minimum atomic E-state index is -0.607. The van der Waals surface area contributed by atoms with Crippen molar-refractivity contribution >= 4 is 22.4 Å². The second-order valence-corrected chi connectivity index (χ2v) is 5.49. The van der Waals surface area contributed by atoms with E-state index in [1.807, 2.05) is 42.5 Å². The standard InChI is InChI=1S/C20H19NO3/c1-14(24-19-11-9-18(23-2)10-12-19)20(22)21-17-8-7-15-5-3-4-6-16(15)13-17/h3-14H,1-2H3,(H,21,22)/t14-/m1/s1. The van der Waals surface area contributed by atoms with Gasteiger partial charge in [-0.3, -0.25) is 4.79 Å². The van der Waals surface area contributed by atoms with Crippen LogP contribution < -0.4 is 14.8 Å². The Kier molecular flexibility index (Phi) is 4.66. The maximum absolute atomic E-state index is 12.3. The average Bonchev–Trinajstić information content (AvgIpc) is 2.62. The fourth-order valence-corrected chi connectivity index (χ4v) is 2.42. The number of anilines is 1. The predicted molar refractivity (Wildman–Crippen MR) is 95.7 cm³/mol. The first-order valence-electron chi connectivity index (χ1n) is 7.76. The van der Waals surface area contributed by atoms with Crippen molar-refractivity contribution in [2.75, 3.05) is 12.4 Å². The van der Waals surface area contributed by atoms with E-state index in [1.54, 1.807) is 38.3 Å². The Hall–Kier alpha value is -3.01. The van der Waals surface area contributed by atoms with Crippen LogP contribution in [-0.2, 0) is 4.79 Å². The van der Waals surface area contributed by atoms with Crippen molar-refractivity contribution in [1.82, 2.24) is 0 Å². The van der Waals surface area contributed by atoms with E-state index < -0.39 is 6.10 Å². The molecular formula is C20H19NO3. The molecule has 122 valence electrons. The van der Waals surface area contributed by atoms with E-state index in [9.17, 15) is 4.79 Å². The van der Waals surface area contributed by atoms with Crippen molar-refractivity contribution in [3.8, 4) is 11.5 Å². The second kappa shape index (κ2) is 7.04. The van der Waals surface area contributed by atoms with E-state index in [1.165, 1.54) is 0 Å². The zero-order valence-corrected chi connectivity index (χ0v) is 13.7. The second-order valence-electron chi connectivity index (χ2n) is 5.49. The van der Waals surface area contributed by atoms with E-state index in [0.29, 0.717) is 5.75 Å². The van der Waals surface area contributed by atoms with Gasteiger partial charge in [-0.25, -0.2) is 0 Å². The molecule has 0 aliphatic rings. The third-order valence-electron chi connectivity index (χ3n) is 3.76. The molecule has 0 spiro atoms. The number of methoxy groups -OCH3 is 1. The van der Waals surface area contributed by atoms with E-state index in [2.05, 4.69) is 5.32 Å². The van der Waals surface area contributed by atoms with Gasteiger partial charge in [0.1, 0.15) is 11.5 Å². The average molecular weight is 321 g/mol. The summed E-state index contributed by atoms with van der Waals surface area (Å²) in [5, 5.41) is 5.11. The molecular weight excluding hydrogens is 302 g/mol. The fraction of sp³-hybridized carbons (Fsp3) is 0.150. The molecule has 1 N–H and O–H groups in total. The van der Waals surface area contributed by atoms with Crippen LogP contribution in [0.15, 0.2) is 66.7 Å². The zero-order valence-electron chi connectivity index (χ0n) is 13.7. The normalized spacial score (nSPS) is 11.8. The monoisotopic (exact) mass is 321 g/mol. The molecule has 0 bridgehead atoms. The molecule has 24 heavy (non-hydrogen) atoms. The number of ether oxygens (including phenoxy) is 2. The van der Waals surface area contributed by atoms with Crippen LogP contribution in [0.3, 0.4) is 0 Å². The first-order valence-corrected chi connectivity index (χ1v) is 7.76. The van der Waals surface area contributed by atoms with E-state index in [0.717, 1.165) is 22.2 Å². The van der Waals surface area contributed by atoms with Crippen LogP contribution in [0.4, 0.5) is 5.69 Å². The number of carbonyl (C=O) groups is 1. The van der Waals surface area contributed by atoms with Crippen molar-refractivity contribution in [3.05, 3.63) is 66.7 Å². The van der Waals surface area contributed by atoms with E-state index >= 15 is 0 Å². The number of rotatable bonds is 5. The SMILES string of the molecule is COc1ccc(O[C@H](C)C(=O)Nc2ccc3ccccc3c2)cc1. The van der Waals surface area contributed by atoms with Gasteiger partial charge in [-0.05, 0) is 54.1 Å². The van der Waals surface area contributed by atoms with Gasteiger partial charge in [-0.15, -0.1) is 0 Å². The highest BCUT2D eigenvalue weighted by atomic mass is 16.5. The third kappa shape index (κ3) is 3.66. The number of hydrogen-bond acceptors (Lipinski definition) is 3. The maximum atomic E-state index is 12.3. The summed E-state index contributed by atoms with van der Waals surface area (Å²) in [6, 6.07) is 21.0. The van der Waals surface area contributed by atoms with Gasteiger partial charge in [0.25, 0.3) is 5.91 Å². The number of benzene rings is 3. The van der Waals surface area contributed by atoms with Crippen molar-refractivity contribution in [1.29, 1.82) is 0 Å². The molecule has 1 amide bonds. The lowest BCUT2D eigenvalue weighted by atomic mass is 10.1. The summed E-state index contributed by atoms with van der Waals surface area (Å²) >= 11 is 0. The Morgan fingerprint density at radius 2 is 1.58 bits per heavy atom. The van der Waals surface area contributed by atoms with Crippen molar-refractivity contribution in [2.24, 2.45) is 0 Å². The fourth-order valence-electron chi connectivity index (χ4n) is 2.42. The van der Waals surface area contributed by atoms with Crippen molar-refractivity contribution in [3.63, 3.8) is 0 Å². The van der Waals surface area contributed by atoms with Gasteiger partial charge in [-0.1, -0.05) is 30.3 Å². The number of nitrogens with one attached hydrogen (secondary N) is 1. The molecule has 0 fully saturated rings. The molecule has 3 aromatic carbocycles.